The molecule has 0 fully saturated rings. The molecule has 5 nitrogen and oxygen atoms in total. The van der Waals surface area contributed by atoms with Gasteiger partial charge >= 0.3 is 0 Å². The highest BCUT2D eigenvalue weighted by atomic mass is 32.1. The van der Waals surface area contributed by atoms with Gasteiger partial charge in [0, 0.05) is 10.4 Å². The van der Waals surface area contributed by atoms with E-state index >= 15 is 0 Å². The van der Waals surface area contributed by atoms with Crippen molar-refractivity contribution in [2.75, 3.05) is 6.61 Å². The molecule has 0 saturated carbocycles. The highest BCUT2D eigenvalue weighted by Gasteiger charge is 2.12. The fourth-order valence-electron chi connectivity index (χ4n) is 2.88. The number of ether oxygens (including phenoxy) is 1. The second kappa shape index (κ2) is 8.67. The molecule has 0 radical (unpaired) electrons. The van der Waals surface area contributed by atoms with Crippen molar-refractivity contribution < 1.29 is 4.74 Å². The Bertz CT molecular complexity index is 1150. The van der Waals surface area contributed by atoms with Crippen LogP contribution in [0.1, 0.15) is 37.5 Å². The fourth-order valence-corrected chi connectivity index (χ4v) is 4.51. The SMILES string of the molecule is CCCCCCOc1ccc(-c2nc3sc(=Cc4cccs4)c(=O)n3n2)cc1. The molecule has 144 valence electrons. The molecule has 0 N–H and O–H groups in total. The summed E-state index contributed by atoms with van der Waals surface area (Å²) in [5, 5.41) is 6.39. The summed E-state index contributed by atoms with van der Waals surface area (Å²) in [6, 6.07) is 11.7. The standard InChI is InChI=1S/C21H21N3O2S2/c1-2-3-4-5-12-26-16-10-8-15(9-11-16)19-22-21-24(23-19)20(25)18(28-21)14-17-7-6-13-27-17/h6-11,13-14H,2-5,12H2,1H3. The molecule has 0 spiro atoms. The van der Waals surface area contributed by atoms with Crippen LogP contribution in [0.4, 0.5) is 0 Å². The van der Waals surface area contributed by atoms with Crippen molar-refractivity contribution in [3.8, 4) is 17.1 Å². The van der Waals surface area contributed by atoms with E-state index < -0.39 is 0 Å². The van der Waals surface area contributed by atoms with Crippen LogP contribution in [0.25, 0.3) is 22.4 Å². The van der Waals surface area contributed by atoms with E-state index in [0.29, 0.717) is 15.3 Å². The summed E-state index contributed by atoms with van der Waals surface area (Å²) in [5.74, 6) is 1.40. The van der Waals surface area contributed by atoms with Gasteiger partial charge in [0.05, 0.1) is 11.1 Å². The lowest BCUT2D eigenvalue weighted by molar-refractivity contribution is 0.305. The van der Waals surface area contributed by atoms with Gasteiger partial charge in [0.25, 0.3) is 5.56 Å². The molecule has 0 amide bonds. The van der Waals surface area contributed by atoms with Gasteiger partial charge in [-0.1, -0.05) is 43.6 Å². The maximum Gasteiger partial charge on any atom is 0.291 e. The molecule has 0 aliphatic carbocycles. The lowest BCUT2D eigenvalue weighted by Crippen LogP contribution is -2.23. The summed E-state index contributed by atoms with van der Waals surface area (Å²) in [6.45, 7) is 2.94. The van der Waals surface area contributed by atoms with Gasteiger partial charge in [-0.15, -0.1) is 16.4 Å². The van der Waals surface area contributed by atoms with Gasteiger partial charge in [0.15, 0.2) is 5.82 Å². The minimum absolute atomic E-state index is 0.126. The van der Waals surface area contributed by atoms with E-state index in [2.05, 4.69) is 17.0 Å². The molecule has 0 unspecified atom stereocenters. The Balaban J connectivity index is 1.49. The predicted molar refractivity (Wildman–Crippen MR) is 115 cm³/mol. The minimum Gasteiger partial charge on any atom is -0.494 e. The highest BCUT2D eigenvalue weighted by molar-refractivity contribution is 7.15. The normalized spacial score (nSPS) is 12.1. The number of nitrogens with zero attached hydrogens (tertiary/aromatic N) is 3. The third kappa shape index (κ3) is 4.15. The second-order valence-corrected chi connectivity index (χ2v) is 8.48. The number of aromatic nitrogens is 3. The van der Waals surface area contributed by atoms with Gasteiger partial charge in [-0.25, -0.2) is 0 Å². The average Bonchev–Trinajstić information content (AvgIpc) is 3.42. The van der Waals surface area contributed by atoms with Crippen LogP contribution in [0.3, 0.4) is 0 Å². The zero-order valence-corrected chi connectivity index (χ0v) is 17.3. The first-order valence-electron chi connectivity index (χ1n) is 9.42. The molecule has 3 heterocycles. The molecule has 0 aliphatic heterocycles. The Morgan fingerprint density at radius 1 is 1.14 bits per heavy atom. The molecule has 4 aromatic rings. The van der Waals surface area contributed by atoms with E-state index in [9.17, 15) is 4.79 Å². The summed E-state index contributed by atoms with van der Waals surface area (Å²) in [7, 11) is 0. The molecule has 7 heteroatoms. The lowest BCUT2D eigenvalue weighted by atomic mass is 10.2. The Kier molecular flexibility index (Phi) is 5.83. The van der Waals surface area contributed by atoms with E-state index in [1.165, 1.54) is 35.1 Å². The van der Waals surface area contributed by atoms with Crippen LogP contribution in [0.2, 0.25) is 0 Å². The van der Waals surface area contributed by atoms with Gasteiger partial charge < -0.3 is 4.74 Å². The van der Waals surface area contributed by atoms with Gasteiger partial charge in [-0.05, 0) is 48.2 Å². The number of rotatable bonds is 8. The number of unbranched alkanes of at least 4 members (excludes halogenated alkanes) is 3. The van der Waals surface area contributed by atoms with Crippen molar-refractivity contribution >= 4 is 33.7 Å². The molecular weight excluding hydrogens is 390 g/mol. The summed E-state index contributed by atoms with van der Waals surface area (Å²) in [6.07, 6.45) is 6.64. The van der Waals surface area contributed by atoms with Crippen molar-refractivity contribution in [3.63, 3.8) is 0 Å². The smallest absolute Gasteiger partial charge is 0.291 e. The number of benzene rings is 1. The van der Waals surface area contributed by atoms with Crippen LogP contribution in [-0.2, 0) is 0 Å². The quantitative estimate of drug-likeness (QED) is 0.404. The molecule has 0 saturated heterocycles. The van der Waals surface area contributed by atoms with Gasteiger partial charge in [-0.2, -0.15) is 9.50 Å². The van der Waals surface area contributed by atoms with Crippen LogP contribution < -0.4 is 14.8 Å². The van der Waals surface area contributed by atoms with E-state index in [1.54, 1.807) is 11.3 Å². The van der Waals surface area contributed by atoms with Crippen LogP contribution >= 0.6 is 22.7 Å². The second-order valence-electron chi connectivity index (χ2n) is 6.49. The summed E-state index contributed by atoms with van der Waals surface area (Å²) in [4.78, 5) is 18.8. The summed E-state index contributed by atoms with van der Waals surface area (Å²) in [5.41, 5.74) is 0.747. The van der Waals surface area contributed by atoms with E-state index in [4.69, 9.17) is 4.74 Å². The van der Waals surface area contributed by atoms with E-state index in [0.717, 1.165) is 29.2 Å². The number of fused-ring (bicyclic) bond motifs is 1. The maximum absolute atomic E-state index is 12.6. The van der Waals surface area contributed by atoms with Crippen molar-refractivity contribution in [1.82, 2.24) is 14.6 Å². The molecule has 0 aliphatic rings. The lowest BCUT2D eigenvalue weighted by Gasteiger charge is -2.06. The van der Waals surface area contributed by atoms with Crippen LogP contribution in [0.5, 0.6) is 5.75 Å². The monoisotopic (exact) mass is 411 g/mol. The Morgan fingerprint density at radius 3 is 2.71 bits per heavy atom. The zero-order chi connectivity index (χ0) is 19.3. The fraction of sp³-hybridized carbons (Fsp3) is 0.286. The molecule has 28 heavy (non-hydrogen) atoms. The van der Waals surface area contributed by atoms with E-state index in [1.807, 2.05) is 47.9 Å². The molecular formula is C21H21N3O2S2. The first-order valence-corrected chi connectivity index (χ1v) is 11.1. The molecule has 1 aromatic carbocycles. The van der Waals surface area contributed by atoms with Gasteiger partial charge in [0.2, 0.25) is 4.96 Å². The van der Waals surface area contributed by atoms with Crippen molar-refractivity contribution in [1.29, 1.82) is 0 Å². The topological polar surface area (TPSA) is 56.5 Å². The third-order valence-electron chi connectivity index (χ3n) is 4.38. The number of hydrogen-bond donors (Lipinski definition) is 0. The average molecular weight is 412 g/mol. The first kappa shape index (κ1) is 18.8. The number of hydrogen-bond acceptors (Lipinski definition) is 6. The van der Waals surface area contributed by atoms with Crippen molar-refractivity contribution in [3.05, 3.63) is 61.5 Å². The number of thiazole rings is 1. The Hall–Kier alpha value is -2.51. The molecule has 3 aromatic heterocycles. The van der Waals surface area contributed by atoms with E-state index in [-0.39, 0.29) is 5.56 Å². The molecule has 4 rings (SSSR count). The first-order chi connectivity index (χ1) is 13.7. The van der Waals surface area contributed by atoms with Crippen LogP contribution in [0.15, 0.2) is 46.6 Å². The van der Waals surface area contributed by atoms with Crippen molar-refractivity contribution in [2.24, 2.45) is 0 Å². The number of thiophene rings is 1. The van der Waals surface area contributed by atoms with Gasteiger partial charge in [0.1, 0.15) is 5.75 Å². The Morgan fingerprint density at radius 2 is 2.00 bits per heavy atom. The van der Waals surface area contributed by atoms with Crippen LogP contribution in [-0.4, -0.2) is 21.2 Å². The third-order valence-corrected chi connectivity index (χ3v) is 6.16. The summed E-state index contributed by atoms with van der Waals surface area (Å²) >= 11 is 2.96. The van der Waals surface area contributed by atoms with Gasteiger partial charge in [-0.3, -0.25) is 4.79 Å². The highest BCUT2D eigenvalue weighted by Crippen LogP contribution is 2.21. The Labute approximate surface area is 170 Å². The molecule has 0 bridgehead atoms. The minimum atomic E-state index is -0.126. The van der Waals surface area contributed by atoms with Crippen LogP contribution in [0, 0.1) is 0 Å². The maximum atomic E-state index is 12.6. The van der Waals surface area contributed by atoms with Crippen molar-refractivity contribution in [2.45, 2.75) is 32.6 Å². The molecule has 0 atom stereocenters. The predicted octanol–water partition coefficient (Wildman–Crippen LogP) is 4.39. The summed E-state index contributed by atoms with van der Waals surface area (Å²) < 4.78 is 7.81. The largest absolute Gasteiger partial charge is 0.494 e. The zero-order valence-electron chi connectivity index (χ0n) is 15.6.